The number of hydrogen-bond acceptors (Lipinski definition) is 5. The summed E-state index contributed by atoms with van der Waals surface area (Å²) in [5.74, 6) is -0.241. The van der Waals surface area contributed by atoms with Crippen molar-refractivity contribution in [3.8, 4) is 11.5 Å². The van der Waals surface area contributed by atoms with Gasteiger partial charge in [-0.1, -0.05) is 36.4 Å². The molecule has 0 aromatic heterocycles. The molecule has 0 saturated carbocycles. The van der Waals surface area contributed by atoms with Gasteiger partial charge in [0, 0.05) is 0 Å². The van der Waals surface area contributed by atoms with Crippen molar-refractivity contribution in [2.24, 2.45) is 5.10 Å². The predicted molar refractivity (Wildman–Crippen MR) is 109 cm³/mol. The molecule has 0 atom stereocenters. The lowest BCUT2D eigenvalue weighted by molar-refractivity contribution is -0.139. The average molecular weight is 376 g/mol. The van der Waals surface area contributed by atoms with Gasteiger partial charge in [0.25, 0.3) is 0 Å². The van der Waals surface area contributed by atoms with Crippen LogP contribution in [0.4, 0.5) is 11.4 Å². The summed E-state index contributed by atoms with van der Waals surface area (Å²) >= 11 is 0. The zero-order chi connectivity index (χ0) is 19.8. The number of hydrogen-bond donors (Lipinski definition) is 1. The summed E-state index contributed by atoms with van der Waals surface area (Å²) in [7, 11) is 1.50. The maximum Gasteiger partial charge on any atom is 0.341 e. The summed E-state index contributed by atoms with van der Waals surface area (Å²) < 4.78 is 10.5. The van der Waals surface area contributed by atoms with E-state index in [0.717, 1.165) is 16.9 Å². The van der Waals surface area contributed by atoms with Gasteiger partial charge < -0.3 is 14.6 Å². The Morgan fingerprint density at radius 1 is 0.964 bits per heavy atom. The van der Waals surface area contributed by atoms with Gasteiger partial charge in [-0.05, 0) is 48.0 Å². The van der Waals surface area contributed by atoms with E-state index in [1.165, 1.54) is 7.11 Å². The molecule has 0 aliphatic heterocycles. The van der Waals surface area contributed by atoms with Crippen molar-refractivity contribution in [3.63, 3.8) is 0 Å². The van der Waals surface area contributed by atoms with Crippen molar-refractivity contribution in [3.05, 3.63) is 84.4 Å². The van der Waals surface area contributed by atoms with Crippen molar-refractivity contribution in [1.82, 2.24) is 0 Å². The molecule has 1 N–H and O–H groups in total. The number of aliphatic carboxylic acids is 1. The first kappa shape index (κ1) is 19.0. The number of carboxylic acid groups (broad SMARTS) is 1. The van der Waals surface area contributed by atoms with Crippen LogP contribution in [0.25, 0.3) is 0 Å². The third kappa shape index (κ3) is 4.88. The van der Waals surface area contributed by atoms with Crippen LogP contribution in [0.1, 0.15) is 5.56 Å². The van der Waals surface area contributed by atoms with Crippen LogP contribution in [-0.4, -0.2) is 31.0 Å². The molecule has 0 bridgehead atoms. The Kier molecular flexibility index (Phi) is 6.25. The molecule has 0 saturated heterocycles. The summed E-state index contributed by atoms with van der Waals surface area (Å²) in [5, 5.41) is 15.2. The fourth-order valence-corrected chi connectivity index (χ4v) is 2.57. The summed E-state index contributed by atoms with van der Waals surface area (Å²) in [6.45, 7) is -0.431. The molecule has 3 aromatic rings. The topological polar surface area (TPSA) is 71.4 Å². The fraction of sp³-hybridized carbons (Fsp3) is 0.0909. The lowest BCUT2D eigenvalue weighted by atomic mass is 10.2. The van der Waals surface area contributed by atoms with Gasteiger partial charge in [0.1, 0.15) is 0 Å². The number of carboxylic acids is 1. The number of carbonyl (C=O) groups is 1. The third-order valence-corrected chi connectivity index (χ3v) is 3.86. The van der Waals surface area contributed by atoms with Gasteiger partial charge in [-0.3, -0.25) is 0 Å². The molecule has 6 heteroatoms. The number of methoxy groups -OCH3 is 1. The molecular weight excluding hydrogens is 356 g/mol. The molecule has 0 aliphatic carbocycles. The van der Waals surface area contributed by atoms with Crippen LogP contribution in [0, 0.1) is 0 Å². The SMILES string of the molecule is COc1cc(/C=N\N(c2ccccc2)c2ccccc2)ccc1OCC(=O)O. The molecule has 0 fully saturated rings. The van der Waals surface area contributed by atoms with E-state index in [1.54, 1.807) is 24.4 Å². The largest absolute Gasteiger partial charge is 0.493 e. The van der Waals surface area contributed by atoms with Gasteiger partial charge in [0.05, 0.1) is 24.7 Å². The first-order chi connectivity index (χ1) is 13.7. The zero-order valence-electron chi connectivity index (χ0n) is 15.4. The highest BCUT2D eigenvalue weighted by Gasteiger charge is 2.09. The maximum atomic E-state index is 10.7. The van der Waals surface area contributed by atoms with E-state index in [9.17, 15) is 4.79 Å². The Bertz CT molecular complexity index is 904. The van der Waals surface area contributed by atoms with Crippen molar-refractivity contribution < 1.29 is 19.4 Å². The van der Waals surface area contributed by atoms with Gasteiger partial charge in [0.15, 0.2) is 18.1 Å². The molecule has 3 rings (SSSR count). The van der Waals surface area contributed by atoms with E-state index in [4.69, 9.17) is 14.6 Å². The first-order valence-corrected chi connectivity index (χ1v) is 8.64. The van der Waals surface area contributed by atoms with Crippen molar-refractivity contribution in [1.29, 1.82) is 0 Å². The number of rotatable bonds is 8. The van der Waals surface area contributed by atoms with E-state index in [-0.39, 0.29) is 0 Å². The number of nitrogens with zero attached hydrogens (tertiary/aromatic N) is 2. The molecule has 6 nitrogen and oxygen atoms in total. The Morgan fingerprint density at radius 3 is 2.11 bits per heavy atom. The fourth-order valence-electron chi connectivity index (χ4n) is 2.57. The van der Waals surface area contributed by atoms with E-state index in [1.807, 2.05) is 65.7 Å². The summed E-state index contributed by atoms with van der Waals surface area (Å²) in [5.41, 5.74) is 2.65. The van der Waals surface area contributed by atoms with Crippen LogP contribution in [0.15, 0.2) is 84.0 Å². The van der Waals surface area contributed by atoms with Gasteiger partial charge in [-0.2, -0.15) is 5.10 Å². The highest BCUT2D eigenvalue weighted by molar-refractivity contribution is 5.83. The van der Waals surface area contributed by atoms with Gasteiger partial charge in [-0.15, -0.1) is 0 Å². The monoisotopic (exact) mass is 376 g/mol. The molecule has 142 valence electrons. The number of para-hydroxylation sites is 2. The maximum absolute atomic E-state index is 10.7. The highest BCUT2D eigenvalue weighted by atomic mass is 16.5. The molecule has 0 radical (unpaired) electrons. The molecule has 0 spiro atoms. The quantitative estimate of drug-likeness (QED) is 0.468. The smallest absolute Gasteiger partial charge is 0.341 e. The van der Waals surface area contributed by atoms with Crippen LogP contribution >= 0.6 is 0 Å². The molecule has 0 unspecified atom stereocenters. The lowest BCUT2D eigenvalue weighted by Gasteiger charge is -2.19. The number of benzene rings is 3. The average Bonchev–Trinajstić information content (AvgIpc) is 2.74. The normalized spacial score (nSPS) is 10.6. The number of hydrazone groups is 1. The first-order valence-electron chi connectivity index (χ1n) is 8.64. The van der Waals surface area contributed by atoms with Crippen molar-refractivity contribution in [2.75, 3.05) is 18.7 Å². The number of anilines is 2. The van der Waals surface area contributed by atoms with Gasteiger partial charge >= 0.3 is 5.97 Å². The van der Waals surface area contributed by atoms with E-state index in [2.05, 4.69) is 5.10 Å². The minimum absolute atomic E-state index is 0.366. The molecule has 0 amide bonds. The highest BCUT2D eigenvalue weighted by Crippen LogP contribution is 2.28. The number of ether oxygens (including phenoxy) is 2. The minimum Gasteiger partial charge on any atom is -0.493 e. The second-order valence-corrected chi connectivity index (χ2v) is 5.82. The minimum atomic E-state index is -1.05. The zero-order valence-corrected chi connectivity index (χ0v) is 15.4. The standard InChI is InChI=1S/C22H20N2O4/c1-27-21-14-17(12-13-20(21)28-16-22(25)26)15-23-24(18-8-4-2-5-9-18)19-10-6-3-7-11-19/h2-15H,16H2,1H3,(H,25,26)/b23-15-. The molecule has 3 aromatic carbocycles. The second-order valence-electron chi connectivity index (χ2n) is 5.82. The van der Waals surface area contributed by atoms with E-state index in [0.29, 0.717) is 11.5 Å². The summed E-state index contributed by atoms with van der Waals surface area (Å²) in [6.07, 6.45) is 1.71. The van der Waals surface area contributed by atoms with Gasteiger partial charge in [-0.25, -0.2) is 9.80 Å². The molecular formula is C22H20N2O4. The summed E-state index contributed by atoms with van der Waals surface area (Å²) in [6, 6.07) is 24.9. The van der Waals surface area contributed by atoms with E-state index < -0.39 is 12.6 Å². The Labute approximate surface area is 163 Å². The third-order valence-electron chi connectivity index (χ3n) is 3.86. The Hall–Kier alpha value is -3.80. The second kappa shape index (κ2) is 9.23. The Morgan fingerprint density at radius 2 is 1.57 bits per heavy atom. The predicted octanol–water partition coefficient (Wildman–Crippen LogP) is 4.33. The summed E-state index contributed by atoms with van der Waals surface area (Å²) in [4.78, 5) is 10.7. The van der Waals surface area contributed by atoms with Crippen LogP contribution in [0.5, 0.6) is 11.5 Å². The van der Waals surface area contributed by atoms with Crippen LogP contribution < -0.4 is 14.5 Å². The van der Waals surface area contributed by atoms with Crippen molar-refractivity contribution >= 4 is 23.6 Å². The Balaban J connectivity index is 1.87. The van der Waals surface area contributed by atoms with Gasteiger partial charge in [0.2, 0.25) is 0 Å². The van der Waals surface area contributed by atoms with E-state index >= 15 is 0 Å². The van der Waals surface area contributed by atoms with Crippen molar-refractivity contribution in [2.45, 2.75) is 0 Å². The molecule has 0 heterocycles. The molecule has 28 heavy (non-hydrogen) atoms. The van der Waals surface area contributed by atoms with Crippen LogP contribution in [0.3, 0.4) is 0 Å². The lowest BCUT2D eigenvalue weighted by Crippen LogP contribution is -2.10. The molecule has 0 aliphatic rings. The van der Waals surface area contributed by atoms with Crippen LogP contribution in [-0.2, 0) is 4.79 Å². The van der Waals surface area contributed by atoms with Crippen LogP contribution in [0.2, 0.25) is 0 Å².